The number of hydrogen-bond acceptors (Lipinski definition) is 0. The minimum atomic E-state index is -0.556. The van der Waals surface area contributed by atoms with Crippen molar-refractivity contribution in [3.05, 3.63) is 10.6 Å². The molecule has 0 saturated heterocycles. The summed E-state index contributed by atoms with van der Waals surface area (Å²) in [4.78, 5) is 0. The van der Waals surface area contributed by atoms with E-state index in [1.165, 1.54) is 12.8 Å². The summed E-state index contributed by atoms with van der Waals surface area (Å²) < 4.78 is 0. The number of halogens is 2. The third-order valence-electron chi connectivity index (χ3n) is 2.85. The van der Waals surface area contributed by atoms with Crippen molar-refractivity contribution in [2.75, 3.05) is 14.1 Å². The van der Waals surface area contributed by atoms with E-state index in [4.69, 9.17) is 18.6 Å². The molecule has 1 rings (SSSR count). The van der Waals surface area contributed by atoms with Crippen LogP contribution in [0.4, 0.5) is 0 Å². The summed E-state index contributed by atoms with van der Waals surface area (Å²) in [6, 6.07) is 1.09. The Morgan fingerprint density at radius 3 is 1.67 bits per heavy atom. The van der Waals surface area contributed by atoms with Crippen molar-refractivity contribution in [1.29, 1.82) is 0 Å². The Morgan fingerprint density at radius 1 is 1.07 bits per heavy atom. The second kappa shape index (κ2) is 8.33. The van der Waals surface area contributed by atoms with Gasteiger partial charge in [0.15, 0.2) is 0 Å². The zero-order valence-electron chi connectivity index (χ0n) is 9.93. The van der Waals surface area contributed by atoms with Crippen molar-refractivity contribution >= 4 is 18.6 Å². The minimum absolute atomic E-state index is 0.437. The number of hydrogen-bond donors (Lipinski definition) is 0. The van der Waals surface area contributed by atoms with Crippen molar-refractivity contribution in [1.82, 2.24) is 0 Å². The first kappa shape index (κ1) is 16.2. The topological polar surface area (TPSA) is 28.2 Å². The van der Waals surface area contributed by atoms with Crippen molar-refractivity contribution in [3.63, 3.8) is 0 Å². The molecular weight excluding hydrogens is 267 g/mol. The quantitative estimate of drug-likeness (QED) is 0.677. The Balaban J connectivity index is 0.000000583. The monoisotopic (exact) mass is 286 g/mol. The fourth-order valence-electron chi connectivity index (χ4n) is 2.23. The first-order valence-electron chi connectivity index (χ1n) is 5.13. The Hall–Kier alpha value is 1.21. The van der Waals surface area contributed by atoms with Gasteiger partial charge in [-0.2, -0.15) is 14.1 Å². The Labute approximate surface area is 111 Å². The van der Waals surface area contributed by atoms with Gasteiger partial charge < -0.3 is 10.6 Å². The van der Waals surface area contributed by atoms with Crippen LogP contribution in [0.5, 0.6) is 0 Å². The van der Waals surface area contributed by atoms with Crippen molar-refractivity contribution in [3.8, 4) is 0 Å². The predicted molar refractivity (Wildman–Crippen MR) is 65.5 cm³/mol. The molecule has 1 fully saturated rings. The molecule has 1 aliphatic carbocycles. The SMILES string of the molecule is C[N-][C@@H]1C[C@H]([N-]C)CC(C)(C)C1.[Cl][Ti][Cl]. The van der Waals surface area contributed by atoms with Crippen LogP contribution in [0.2, 0.25) is 0 Å². The summed E-state index contributed by atoms with van der Waals surface area (Å²) in [6.45, 7) is 4.64. The van der Waals surface area contributed by atoms with E-state index in [0.717, 1.165) is 6.42 Å². The maximum atomic E-state index is 4.89. The molecule has 0 aromatic heterocycles. The first-order chi connectivity index (χ1) is 6.99. The Kier molecular flexibility index (Phi) is 9.00. The van der Waals surface area contributed by atoms with Crippen molar-refractivity contribution in [2.24, 2.45) is 5.41 Å². The molecule has 1 aliphatic rings. The van der Waals surface area contributed by atoms with Gasteiger partial charge in [0.1, 0.15) is 0 Å². The molecule has 15 heavy (non-hydrogen) atoms. The molecule has 0 aliphatic heterocycles. The maximum absolute atomic E-state index is 4.89. The third kappa shape index (κ3) is 7.20. The van der Waals surface area contributed by atoms with Gasteiger partial charge in [0.05, 0.1) is 0 Å². The van der Waals surface area contributed by atoms with Gasteiger partial charge in [-0.3, -0.25) is 0 Å². The van der Waals surface area contributed by atoms with E-state index in [1.807, 2.05) is 14.1 Å². The third-order valence-corrected chi connectivity index (χ3v) is 2.85. The Bertz CT molecular complexity index is 154. The van der Waals surface area contributed by atoms with Crippen LogP contribution in [0.25, 0.3) is 10.6 Å². The van der Waals surface area contributed by atoms with Crippen LogP contribution in [0.15, 0.2) is 0 Å². The molecule has 0 aromatic rings. The summed E-state index contributed by atoms with van der Waals surface area (Å²) in [5, 5.41) is 8.76. The van der Waals surface area contributed by atoms with E-state index in [-0.39, 0.29) is 0 Å². The summed E-state index contributed by atoms with van der Waals surface area (Å²) in [6.07, 6.45) is 3.63. The molecule has 0 radical (unpaired) electrons. The molecule has 90 valence electrons. The van der Waals surface area contributed by atoms with E-state index in [9.17, 15) is 0 Å². The molecule has 0 N–H and O–H groups in total. The normalized spacial score (nSPS) is 28.9. The zero-order chi connectivity index (χ0) is 11.9. The fourth-order valence-corrected chi connectivity index (χ4v) is 2.23. The van der Waals surface area contributed by atoms with Crippen LogP contribution in [0, 0.1) is 5.41 Å². The molecule has 0 heterocycles. The molecule has 0 spiro atoms. The van der Waals surface area contributed by atoms with Gasteiger partial charge in [0.25, 0.3) is 0 Å². The van der Waals surface area contributed by atoms with Gasteiger partial charge in [0, 0.05) is 0 Å². The average molecular weight is 287 g/mol. The van der Waals surface area contributed by atoms with Crippen molar-refractivity contribution in [2.45, 2.75) is 45.2 Å². The predicted octanol–water partition coefficient (Wildman–Crippen LogP) is 4.32. The zero-order valence-corrected chi connectivity index (χ0v) is 13.0. The molecule has 1 saturated carbocycles. The van der Waals surface area contributed by atoms with Gasteiger partial charge in [-0.05, 0) is 5.41 Å². The second-order valence-electron chi connectivity index (χ2n) is 4.70. The van der Waals surface area contributed by atoms with Gasteiger partial charge >= 0.3 is 35.6 Å². The molecular formula is C10H20Cl2N2Ti-2. The van der Waals surface area contributed by atoms with Gasteiger partial charge in [-0.15, -0.1) is 12.1 Å². The standard InChI is InChI=1S/C10H20N2.2ClH.Ti/c1-10(2)6-8(11-3)5-9(7-10)12-4;;;/h8-9H,5-7H2,1-4H3;2*1H;/q-2;;;+2/p-2/t8-,9+;;;. The van der Waals surface area contributed by atoms with Crippen LogP contribution in [-0.2, 0) is 17.0 Å². The fraction of sp³-hybridized carbons (Fsp3) is 1.00. The average Bonchev–Trinajstić information content (AvgIpc) is 2.16. The first-order valence-corrected chi connectivity index (χ1v) is 9.43. The van der Waals surface area contributed by atoms with Crippen LogP contribution >= 0.6 is 18.6 Å². The van der Waals surface area contributed by atoms with E-state index < -0.39 is 17.0 Å². The van der Waals surface area contributed by atoms with E-state index in [1.54, 1.807) is 0 Å². The summed E-state index contributed by atoms with van der Waals surface area (Å²) in [5.41, 5.74) is 0.437. The molecule has 5 heteroatoms. The van der Waals surface area contributed by atoms with Crippen LogP contribution in [-0.4, -0.2) is 26.2 Å². The number of nitrogens with zero attached hydrogens (tertiary/aromatic N) is 2. The van der Waals surface area contributed by atoms with Crippen LogP contribution in [0.3, 0.4) is 0 Å². The summed E-state index contributed by atoms with van der Waals surface area (Å²) in [7, 11) is 13.6. The molecule has 0 aromatic carbocycles. The van der Waals surface area contributed by atoms with Crippen molar-refractivity contribution < 1.29 is 17.0 Å². The van der Waals surface area contributed by atoms with E-state index in [0.29, 0.717) is 17.5 Å². The molecule has 2 atom stereocenters. The Morgan fingerprint density at radius 2 is 1.40 bits per heavy atom. The van der Waals surface area contributed by atoms with Crippen LogP contribution in [0.1, 0.15) is 33.1 Å². The molecule has 0 amide bonds. The second-order valence-corrected chi connectivity index (χ2v) is 7.28. The van der Waals surface area contributed by atoms with Gasteiger partial charge in [-0.1, -0.05) is 33.1 Å². The van der Waals surface area contributed by atoms with Gasteiger partial charge in [-0.25, -0.2) is 0 Å². The molecule has 0 unspecified atom stereocenters. The summed E-state index contributed by atoms with van der Waals surface area (Å²) in [5.74, 6) is 0. The van der Waals surface area contributed by atoms with E-state index >= 15 is 0 Å². The van der Waals surface area contributed by atoms with Crippen LogP contribution < -0.4 is 0 Å². The van der Waals surface area contributed by atoms with Gasteiger partial charge in [0.2, 0.25) is 0 Å². The summed E-state index contributed by atoms with van der Waals surface area (Å²) >= 11 is -0.556. The molecule has 0 bridgehead atoms. The molecule has 2 nitrogen and oxygen atoms in total. The number of rotatable bonds is 2. The van der Waals surface area contributed by atoms with E-state index in [2.05, 4.69) is 24.5 Å².